The zero-order valence-corrected chi connectivity index (χ0v) is 16.1. The Hall–Kier alpha value is -3.35. The molecule has 0 radical (unpaired) electrons. The van der Waals surface area contributed by atoms with E-state index in [1.54, 1.807) is 12.1 Å². The summed E-state index contributed by atoms with van der Waals surface area (Å²) in [4.78, 5) is 31.8. The van der Waals surface area contributed by atoms with Crippen LogP contribution in [-0.4, -0.2) is 15.9 Å². The van der Waals surface area contributed by atoms with Gasteiger partial charge in [-0.25, -0.2) is 13.8 Å². The molecule has 0 aliphatic heterocycles. The first-order valence-electron chi connectivity index (χ1n) is 9.24. The van der Waals surface area contributed by atoms with Crippen molar-refractivity contribution in [3.05, 3.63) is 99.2 Å². The molecule has 3 aromatic rings. The molecule has 150 valence electrons. The molecule has 3 rings (SSSR count). The second-order valence-electron chi connectivity index (χ2n) is 7.07. The van der Waals surface area contributed by atoms with Gasteiger partial charge in [-0.3, -0.25) is 9.59 Å². The normalized spacial score (nSPS) is 12.0. The lowest BCUT2D eigenvalue weighted by molar-refractivity contribution is 0.0936. The highest BCUT2D eigenvalue weighted by Crippen LogP contribution is 2.20. The number of hydrogen-bond donors (Lipinski definition) is 2. The van der Waals surface area contributed by atoms with E-state index in [9.17, 15) is 18.4 Å². The van der Waals surface area contributed by atoms with Crippen molar-refractivity contribution in [2.24, 2.45) is 0 Å². The standard InChI is InChI=1S/C22H21F2N3O2/c1-13(2)21-25-18(12-20(28)27-21)11-19(14-6-8-16(23)9-7-14)26-22(29)15-4-3-5-17(24)10-15/h3-10,12-13,19H,11H2,1-2H3,(H,26,29)(H,25,27,28)/t19-/m0/s1. The smallest absolute Gasteiger partial charge is 0.251 e. The van der Waals surface area contributed by atoms with Gasteiger partial charge in [0, 0.05) is 24.0 Å². The molecule has 2 aromatic carbocycles. The Labute approximate surface area is 166 Å². The van der Waals surface area contributed by atoms with Crippen LogP contribution in [0.15, 0.2) is 59.4 Å². The zero-order chi connectivity index (χ0) is 21.0. The number of aromatic amines is 1. The van der Waals surface area contributed by atoms with E-state index in [1.165, 1.54) is 36.4 Å². The first kappa shape index (κ1) is 20.4. The molecule has 29 heavy (non-hydrogen) atoms. The molecule has 7 heteroatoms. The molecular formula is C22H21F2N3O2. The van der Waals surface area contributed by atoms with Crippen LogP contribution in [0.25, 0.3) is 0 Å². The Balaban J connectivity index is 1.92. The quantitative estimate of drug-likeness (QED) is 0.663. The molecular weight excluding hydrogens is 376 g/mol. The van der Waals surface area contributed by atoms with Crippen molar-refractivity contribution in [3.63, 3.8) is 0 Å². The van der Waals surface area contributed by atoms with Gasteiger partial charge in [0.2, 0.25) is 0 Å². The number of carbonyl (C=O) groups excluding carboxylic acids is 1. The fraction of sp³-hybridized carbons (Fsp3) is 0.227. The van der Waals surface area contributed by atoms with Crippen LogP contribution < -0.4 is 10.9 Å². The van der Waals surface area contributed by atoms with Gasteiger partial charge >= 0.3 is 0 Å². The fourth-order valence-corrected chi connectivity index (χ4v) is 2.93. The summed E-state index contributed by atoms with van der Waals surface area (Å²) in [5.74, 6) is -0.836. The number of hydrogen-bond acceptors (Lipinski definition) is 3. The number of aromatic nitrogens is 2. The maximum Gasteiger partial charge on any atom is 0.251 e. The number of benzene rings is 2. The van der Waals surface area contributed by atoms with Crippen molar-refractivity contribution in [2.45, 2.75) is 32.2 Å². The average molecular weight is 397 g/mol. The van der Waals surface area contributed by atoms with Crippen molar-refractivity contribution < 1.29 is 13.6 Å². The first-order valence-corrected chi connectivity index (χ1v) is 9.24. The Morgan fingerprint density at radius 1 is 1.07 bits per heavy atom. The van der Waals surface area contributed by atoms with Crippen LogP contribution in [0.1, 0.15) is 53.2 Å². The van der Waals surface area contributed by atoms with Crippen LogP contribution in [-0.2, 0) is 6.42 Å². The SMILES string of the molecule is CC(C)c1nc(C[C@H](NC(=O)c2cccc(F)c2)c2ccc(F)cc2)cc(=O)[nH]1. The highest BCUT2D eigenvalue weighted by Gasteiger charge is 2.19. The topological polar surface area (TPSA) is 74.8 Å². The van der Waals surface area contributed by atoms with Gasteiger partial charge in [-0.2, -0.15) is 0 Å². The van der Waals surface area contributed by atoms with Crippen LogP contribution in [0.5, 0.6) is 0 Å². The minimum absolute atomic E-state index is 0.0220. The molecule has 0 fully saturated rings. The van der Waals surface area contributed by atoms with Gasteiger partial charge < -0.3 is 10.3 Å². The van der Waals surface area contributed by atoms with Crippen LogP contribution >= 0.6 is 0 Å². The molecule has 0 saturated heterocycles. The summed E-state index contributed by atoms with van der Waals surface area (Å²) < 4.78 is 26.8. The number of nitrogens with one attached hydrogen (secondary N) is 2. The Morgan fingerprint density at radius 3 is 2.45 bits per heavy atom. The van der Waals surface area contributed by atoms with E-state index in [1.807, 2.05) is 13.8 Å². The Bertz CT molecular complexity index is 1060. The van der Waals surface area contributed by atoms with E-state index in [-0.39, 0.29) is 23.5 Å². The molecule has 0 unspecified atom stereocenters. The van der Waals surface area contributed by atoms with E-state index in [2.05, 4.69) is 15.3 Å². The predicted molar refractivity (Wildman–Crippen MR) is 106 cm³/mol. The predicted octanol–water partition coefficient (Wildman–Crippen LogP) is 3.89. The summed E-state index contributed by atoms with van der Waals surface area (Å²) in [6.45, 7) is 3.82. The average Bonchev–Trinajstić information content (AvgIpc) is 2.67. The third kappa shape index (κ3) is 5.34. The molecule has 1 aromatic heterocycles. The lowest BCUT2D eigenvalue weighted by atomic mass is 10.0. The van der Waals surface area contributed by atoms with E-state index in [4.69, 9.17) is 0 Å². The van der Waals surface area contributed by atoms with Gasteiger partial charge in [0.25, 0.3) is 11.5 Å². The number of amides is 1. The van der Waals surface area contributed by atoms with E-state index < -0.39 is 23.6 Å². The number of rotatable bonds is 6. The molecule has 1 atom stereocenters. The summed E-state index contributed by atoms with van der Waals surface area (Å²) >= 11 is 0. The second-order valence-corrected chi connectivity index (χ2v) is 7.07. The third-order valence-corrected chi connectivity index (χ3v) is 4.44. The monoisotopic (exact) mass is 397 g/mol. The molecule has 1 amide bonds. The highest BCUT2D eigenvalue weighted by molar-refractivity contribution is 5.94. The molecule has 0 bridgehead atoms. The van der Waals surface area contributed by atoms with Crippen LogP contribution in [0.3, 0.4) is 0 Å². The molecule has 0 aliphatic rings. The number of carbonyl (C=O) groups is 1. The molecule has 2 N–H and O–H groups in total. The van der Waals surface area contributed by atoms with Gasteiger partial charge in [-0.1, -0.05) is 32.0 Å². The first-order chi connectivity index (χ1) is 13.8. The molecule has 1 heterocycles. The van der Waals surface area contributed by atoms with Crippen molar-refractivity contribution >= 4 is 5.91 Å². The Kier molecular flexibility index (Phi) is 6.16. The molecule has 0 aliphatic carbocycles. The molecule has 0 saturated carbocycles. The van der Waals surface area contributed by atoms with Gasteiger partial charge in [0.05, 0.1) is 11.7 Å². The minimum Gasteiger partial charge on any atom is -0.345 e. The third-order valence-electron chi connectivity index (χ3n) is 4.44. The van der Waals surface area contributed by atoms with Gasteiger partial charge in [-0.05, 0) is 35.9 Å². The minimum atomic E-state index is -0.583. The second kappa shape index (κ2) is 8.77. The van der Waals surface area contributed by atoms with Gasteiger partial charge in [0.1, 0.15) is 17.5 Å². The lowest BCUT2D eigenvalue weighted by Gasteiger charge is -2.20. The maximum absolute atomic E-state index is 13.5. The molecule has 5 nitrogen and oxygen atoms in total. The number of halogens is 2. The maximum atomic E-state index is 13.5. The summed E-state index contributed by atoms with van der Waals surface area (Å²) in [5.41, 5.74) is 1.02. The van der Waals surface area contributed by atoms with Crippen molar-refractivity contribution in [1.82, 2.24) is 15.3 Å². The van der Waals surface area contributed by atoms with Crippen molar-refractivity contribution in [3.8, 4) is 0 Å². The summed E-state index contributed by atoms with van der Waals surface area (Å²) in [5, 5.41) is 2.83. The summed E-state index contributed by atoms with van der Waals surface area (Å²) in [7, 11) is 0. The lowest BCUT2D eigenvalue weighted by Crippen LogP contribution is -2.30. The van der Waals surface area contributed by atoms with E-state index >= 15 is 0 Å². The van der Waals surface area contributed by atoms with Gasteiger partial charge in [0.15, 0.2) is 0 Å². The van der Waals surface area contributed by atoms with Crippen LogP contribution in [0, 0.1) is 11.6 Å². The van der Waals surface area contributed by atoms with Crippen LogP contribution in [0.4, 0.5) is 8.78 Å². The zero-order valence-electron chi connectivity index (χ0n) is 16.1. The van der Waals surface area contributed by atoms with E-state index in [0.29, 0.717) is 17.1 Å². The number of nitrogens with zero attached hydrogens (tertiary/aromatic N) is 1. The van der Waals surface area contributed by atoms with Crippen molar-refractivity contribution in [1.29, 1.82) is 0 Å². The Morgan fingerprint density at radius 2 is 1.79 bits per heavy atom. The van der Waals surface area contributed by atoms with Gasteiger partial charge in [-0.15, -0.1) is 0 Å². The summed E-state index contributed by atoms with van der Waals surface area (Å²) in [6, 6.07) is 11.8. The van der Waals surface area contributed by atoms with E-state index in [0.717, 1.165) is 6.07 Å². The van der Waals surface area contributed by atoms with Crippen LogP contribution in [0.2, 0.25) is 0 Å². The number of H-pyrrole nitrogens is 1. The summed E-state index contributed by atoms with van der Waals surface area (Å²) in [6.07, 6.45) is 0.219. The largest absolute Gasteiger partial charge is 0.345 e. The van der Waals surface area contributed by atoms with Crippen molar-refractivity contribution in [2.75, 3.05) is 0 Å². The molecule has 0 spiro atoms. The highest BCUT2D eigenvalue weighted by atomic mass is 19.1. The fourth-order valence-electron chi connectivity index (χ4n) is 2.93.